The van der Waals surface area contributed by atoms with E-state index in [0.717, 1.165) is 11.1 Å². The molecule has 1 fully saturated rings. The molecule has 0 aliphatic carbocycles. The molecule has 0 amide bonds. The Kier molecular flexibility index (Phi) is 3.06. The lowest BCUT2D eigenvalue weighted by molar-refractivity contribution is -0.383. The molecule has 0 bridgehead atoms. The van der Waals surface area contributed by atoms with Crippen molar-refractivity contribution in [2.24, 2.45) is 0 Å². The molecule has 2 heterocycles. The van der Waals surface area contributed by atoms with E-state index in [-0.39, 0.29) is 11.5 Å². The topological polar surface area (TPSA) is 76.3 Å². The average molecular weight is 271 g/mol. The van der Waals surface area contributed by atoms with Gasteiger partial charge < -0.3 is 4.90 Å². The number of carbonyl (C=O) groups is 1. The zero-order valence-corrected chi connectivity index (χ0v) is 10.8. The summed E-state index contributed by atoms with van der Waals surface area (Å²) in [5.74, 6) is 0.272. The molecule has 0 atom stereocenters. The molecular formula is C14H13N3O3. The standard InChI is InChI=1S/C14H13N3O3/c18-10-4-7-16(8-5-10)13-1-2-14(17(19)20)12-9-15-6-3-11(12)13/h1-3,6,9H,4-5,7-8H2. The number of rotatable bonds is 2. The van der Waals surface area contributed by atoms with Crippen LogP contribution in [0.4, 0.5) is 11.4 Å². The Labute approximate surface area is 115 Å². The summed E-state index contributed by atoms with van der Waals surface area (Å²) in [6.45, 7) is 1.32. The predicted molar refractivity (Wildman–Crippen MR) is 74.9 cm³/mol. The van der Waals surface area contributed by atoms with Gasteiger partial charge in [-0.2, -0.15) is 0 Å². The predicted octanol–water partition coefficient (Wildman–Crippen LogP) is 2.31. The third-order valence-corrected chi connectivity index (χ3v) is 3.63. The molecule has 1 aromatic carbocycles. The minimum absolute atomic E-state index is 0.0601. The summed E-state index contributed by atoms with van der Waals surface area (Å²) in [5, 5.41) is 12.4. The zero-order valence-electron chi connectivity index (χ0n) is 10.8. The molecule has 1 aromatic heterocycles. The summed E-state index contributed by atoms with van der Waals surface area (Å²) >= 11 is 0. The Morgan fingerprint density at radius 2 is 1.90 bits per heavy atom. The summed E-state index contributed by atoms with van der Waals surface area (Å²) < 4.78 is 0. The molecule has 0 spiro atoms. The van der Waals surface area contributed by atoms with Crippen molar-refractivity contribution < 1.29 is 9.72 Å². The molecule has 20 heavy (non-hydrogen) atoms. The number of nitro groups is 1. The van der Waals surface area contributed by atoms with E-state index >= 15 is 0 Å². The van der Waals surface area contributed by atoms with Crippen LogP contribution in [0, 0.1) is 10.1 Å². The van der Waals surface area contributed by atoms with Crippen LogP contribution in [0.15, 0.2) is 30.6 Å². The third-order valence-electron chi connectivity index (χ3n) is 3.63. The van der Waals surface area contributed by atoms with Crippen LogP contribution in [0.25, 0.3) is 10.8 Å². The van der Waals surface area contributed by atoms with Crippen LogP contribution in [-0.4, -0.2) is 28.8 Å². The van der Waals surface area contributed by atoms with Crippen molar-refractivity contribution in [2.45, 2.75) is 12.8 Å². The quantitative estimate of drug-likeness (QED) is 0.618. The van der Waals surface area contributed by atoms with E-state index in [9.17, 15) is 14.9 Å². The number of nitrogens with zero attached hydrogens (tertiary/aromatic N) is 3. The highest BCUT2D eigenvalue weighted by Gasteiger charge is 2.21. The number of pyridine rings is 1. The van der Waals surface area contributed by atoms with Gasteiger partial charge in [-0.25, -0.2) is 0 Å². The Morgan fingerprint density at radius 1 is 1.15 bits per heavy atom. The van der Waals surface area contributed by atoms with E-state index in [4.69, 9.17) is 0 Å². The van der Waals surface area contributed by atoms with Crippen LogP contribution in [-0.2, 0) is 4.79 Å². The van der Waals surface area contributed by atoms with E-state index in [1.807, 2.05) is 0 Å². The van der Waals surface area contributed by atoms with Gasteiger partial charge in [0.2, 0.25) is 0 Å². The van der Waals surface area contributed by atoms with Gasteiger partial charge in [0.15, 0.2) is 0 Å². The summed E-state index contributed by atoms with van der Waals surface area (Å²) in [6, 6.07) is 5.06. The number of carbonyl (C=O) groups excluding carboxylic acids is 1. The van der Waals surface area contributed by atoms with Crippen LogP contribution >= 0.6 is 0 Å². The van der Waals surface area contributed by atoms with Gasteiger partial charge in [-0.3, -0.25) is 19.9 Å². The van der Waals surface area contributed by atoms with Crippen LogP contribution in [0.1, 0.15) is 12.8 Å². The van der Waals surface area contributed by atoms with E-state index in [0.29, 0.717) is 31.3 Å². The smallest absolute Gasteiger partial charge is 0.278 e. The van der Waals surface area contributed by atoms with E-state index < -0.39 is 4.92 Å². The molecule has 102 valence electrons. The fourth-order valence-electron chi connectivity index (χ4n) is 2.59. The molecule has 0 unspecified atom stereocenters. The lowest BCUT2D eigenvalue weighted by Crippen LogP contribution is -2.33. The van der Waals surface area contributed by atoms with Crippen LogP contribution in [0.3, 0.4) is 0 Å². The molecule has 0 saturated carbocycles. The van der Waals surface area contributed by atoms with Crippen LogP contribution in [0.5, 0.6) is 0 Å². The number of benzene rings is 1. The number of anilines is 1. The molecule has 1 aliphatic heterocycles. The number of ketones is 1. The monoisotopic (exact) mass is 271 g/mol. The Morgan fingerprint density at radius 3 is 2.60 bits per heavy atom. The maximum atomic E-state index is 11.3. The first kappa shape index (κ1) is 12.5. The number of Topliss-reactive ketones (excluding diaryl/α,β-unsaturated/α-hetero) is 1. The van der Waals surface area contributed by atoms with Gasteiger partial charge in [0.25, 0.3) is 5.69 Å². The van der Waals surface area contributed by atoms with E-state index in [1.54, 1.807) is 18.3 Å². The Hall–Kier alpha value is -2.50. The molecule has 0 N–H and O–H groups in total. The molecule has 3 rings (SSSR count). The summed E-state index contributed by atoms with van der Waals surface area (Å²) in [5.41, 5.74) is 0.991. The maximum absolute atomic E-state index is 11.3. The normalized spacial score (nSPS) is 15.6. The molecule has 0 radical (unpaired) electrons. The van der Waals surface area contributed by atoms with Crippen LogP contribution in [0.2, 0.25) is 0 Å². The highest BCUT2D eigenvalue weighted by molar-refractivity contribution is 5.99. The highest BCUT2D eigenvalue weighted by Crippen LogP contribution is 2.33. The number of non-ortho nitro benzene ring substituents is 1. The second kappa shape index (κ2) is 4.88. The Balaban J connectivity index is 2.11. The van der Waals surface area contributed by atoms with Crippen molar-refractivity contribution in [3.05, 3.63) is 40.7 Å². The fourth-order valence-corrected chi connectivity index (χ4v) is 2.59. The summed E-state index contributed by atoms with van der Waals surface area (Å²) in [7, 11) is 0. The van der Waals surface area contributed by atoms with Crippen molar-refractivity contribution in [3.8, 4) is 0 Å². The van der Waals surface area contributed by atoms with Gasteiger partial charge >= 0.3 is 0 Å². The van der Waals surface area contributed by atoms with Gasteiger partial charge in [0.1, 0.15) is 5.78 Å². The highest BCUT2D eigenvalue weighted by atomic mass is 16.6. The minimum Gasteiger partial charge on any atom is -0.370 e. The van der Waals surface area contributed by atoms with Crippen molar-refractivity contribution in [3.63, 3.8) is 0 Å². The number of aromatic nitrogens is 1. The van der Waals surface area contributed by atoms with Crippen molar-refractivity contribution in [2.75, 3.05) is 18.0 Å². The van der Waals surface area contributed by atoms with Gasteiger partial charge in [0, 0.05) is 55.5 Å². The second-order valence-electron chi connectivity index (χ2n) is 4.81. The van der Waals surface area contributed by atoms with Gasteiger partial charge in [-0.15, -0.1) is 0 Å². The minimum atomic E-state index is -0.395. The zero-order chi connectivity index (χ0) is 14.1. The number of hydrogen-bond acceptors (Lipinski definition) is 5. The van der Waals surface area contributed by atoms with Crippen molar-refractivity contribution in [1.82, 2.24) is 4.98 Å². The first-order chi connectivity index (χ1) is 9.66. The van der Waals surface area contributed by atoms with Crippen molar-refractivity contribution in [1.29, 1.82) is 0 Å². The van der Waals surface area contributed by atoms with Crippen LogP contribution < -0.4 is 4.90 Å². The molecule has 2 aromatic rings. The lowest BCUT2D eigenvalue weighted by atomic mass is 10.0. The van der Waals surface area contributed by atoms with Gasteiger partial charge in [-0.1, -0.05) is 0 Å². The van der Waals surface area contributed by atoms with Crippen molar-refractivity contribution >= 4 is 27.9 Å². The number of piperidine rings is 1. The van der Waals surface area contributed by atoms with E-state index in [1.165, 1.54) is 12.3 Å². The number of fused-ring (bicyclic) bond motifs is 1. The third kappa shape index (κ3) is 2.09. The molecule has 1 saturated heterocycles. The molecule has 6 nitrogen and oxygen atoms in total. The van der Waals surface area contributed by atoms with Gasteiger partial charge in [-0.05, 0) is 12.1 Å². The SMILES string of the molecule is O=C1CCN(c2ccc([N+](=O)[O-])c3cnccc23)CC1. The van der Waals surface area contributed by atoms with Gasteiger partial charge in [0.05, 0.1) is 10.3 Å². The first-order valence-corrected chi connectivity index (χ1v) is 6.44. The lowest BCUT2D eigenvalue weighted by Gasteiger charge is -2.29. The Bertz CT molecular complexity index is 689. The first-order valence-electron chi connectivity index (χ1n) is 6.44. The molecule has 1 aliphatic rings. The second-order valence-corrected chi connectivity index (χ2v) is 4.81. The average Bonchev–Trinajstić information content (AvgIpc) is 2.47. The molecule has 6 heteroatoms. The fraction of sp³-hybridized carbons (Fsp3) is 0.286. The number of hydrogen-bond donors (Lipinski definition) is 0. The maximum Gasteiger partial charge on any atom is 0.278 e. The largest absolute Gasteiger partial charge is 0.370 e. The van der Waals surface area contributed by atoms with E-state index in [2.05, 4.69) is 9.88 Å². The molecular weight excluding hydrogens is 258 g/mol. The summed E-state index contributed by atoms with van der Waals surface area (Å²) in [6.07, 6.45) is 4.21. The number of nitro benzene ring substituents is 1. The summed E-state index contributed by atoms with van der Waals surface area (Å²) in [4.78, 5) is 28.1.